The number of ether oxygens (including phenoxy) is 1. The van der Waals surface area contributed by atoms with Crippen LogP contribution in [0.2, 0.25) is 0 Å². The van der Waals surface area contributed by atoms with E-state index in [-0.39, 0.29) is 0 Å². The van der Waals surface area contributed by atoms with Crippen LogP contribution in [0.3, 0.4) is 0 Å². The van der Waals surface area contributed by atoms with E-state index in [1.165, 1.54) is 24.0 Å². The van der Waals surface area contributed by atoms with Crippen LogP contribution in [0, 0.1) is 0 Å². The van der Waals surface area contributed by atoms with Crippen molar-refractivity contribution in [3.63, 3.8) is 0 Å². The lowest BCUT2D eigenvalue weighted by molar-refractivity contribution is 0.289. The molecule has 0 spiro atoms. The van der Waals surface area contributed by atoms with Crippen LogP contribution in [-0.2, 0) is 13.1 Å². The molecule has 1 aliphatic rings. The molecular weight excluding hydrogens is 236 g/mol. The number of hydrogen-bond donors (Lipinski definition) is 1. The number of rotatable bonds is 8. The van der Waals surface area contributed by atoms with Gasteiger partial charge in [0.1, 0.15) is 5.75 Å². The minimum atomic E-state index is 0.758. The van der Waals surface area contributed by atoms with Crippen molar-refractivity contribution < 1.29 is 4.74 Å². The highest BCUT2D eigenvalue weighted by molar-refractivity contribution is 5.37. The standard InChI is InChI=1S/C16H26N2O/c1-4-18(5-2)12-14-10-13(6-9-16(14)19-3)11-17-15-7-8-15/h6,9-10,15,17H,4-5,7-8,11-12H2,1-3H3. The third kappa shape index (κ3) is 4.22. The van der Waals surface area contributed by atoms with Gasteiger partial charge >= 0.3 is 0 Å². The third-order valence-electron chi connectivity index (χ3n) is 3.81. The van der Waals surface area contributed by atoms with E-state index in [2.05, 4.69) is 42.3 Å². The molecule has 1 fully saturated rings. The van der Waals surface area contributed by atoms with Gasteiger partial charge in [0.2, 0.25) is 0 Å². The summed E-state index contributed by atoms with van der Waals surface area (Å²) in [7, 11) is 1.75. The second-order valence-corrected chi connectivity index (χ2v) is 5.26. The molecule has 0 amide bonds. The molecule has 0 aromatic heterocycles. The molecule has 1 aliphatic carbocycles. The van der Waals surface area contributed by atoms with Gasteiger partial charge in [-0.3, -0.25) is 4.90 Å². The van der Waals surface area contributed by atoms with Crippen LogP contribution in [0.5, 0.6) is 5.75 Å². The molecule has 1 N–H and O–H groups in total. The van der Waals surface area contributed by atoms with Crippen LogP contribution in [0.15, 0.2) is 18.2 Å². The van der Waals surface area contributed by atoms with E-state index in [9.17, 15) is 0 Å². The summed E-state index contributed by atoms with van der Waals surface area (Å²) in [4.78, 5) is 2.41. The Morgan fingerprint density at radius 3 is 2.58 bits per heavy atom. The number of hydrogen-bond acceptors (Lipinski definition) is 3. The van der Waals surface area contributed by atoms with Gasteiger partial charge in [0, 0.05) is 24.7 Å². The van der Waals surface area contributed by atoms with Gasteiger partial charge < -0.3 is 10.1 Å². The summed E-state index contributed by atoms with van der Waals surface area (Å²) < 4.78 is 5.48. The van der Waals surface area contributed by atoms with Crippen molar-refractivity contribution in [3.8, 4) is 5.75 Å². The summed E-state index contributed by atoms with van der Waals surface area (Å²) in [5, 5.41) is 3.56. The first-order valence-corrected chi connectivity index (χ1v) is 7.38. The van der Waals surface area contributed by atoms with Gasteiger partial charge in [-0.15, -0.1) is 0 Å². The Morgan fingerprint density at radius 1 is 1.26 bits per heavy atom. The van der Waals surface area contributed by atoms with Gasteiger partial charge in [0.05, 0.1) is 7.11 Å². The van der Waals surface area contributed by atoms with Crippen LogP contribution in [0.1, 0.15) is 37.8 Å². The first-order valence-electron chi connectivity index (χ1n) is 7.38. The largest absolute Gasteiger partial charge is 0.496 e. The summed E-state index contributed by atoms with van der Waals surface area (Å²) >= 11 is 0. The lowest BCUT2D eigenvalue weighted by atomic mass is 10.1. The van der Waals surface area contributed by atoms with Crippen LogP contribution >= 0.6 is 0 Å². The van der Waals surface area contributed by atoms with Crippen molar-refractivity contribution in [2.75, 3.05) is 20.2 Å². The highest BCUT2D eigenvalue weighted by Gasteiger charge is 2.20. The van der Waals surface area contributed by atoms with Crippen molar-refractivity contribution in [1.29, 1.82) is 0 Å². The Balaban J connectivity index is 2.05. The fraction of sp³-hybridized carbons (Fsp3) is 0.625. The second kappa shape index (κ2) is 6.92. The van der Waals surface area contributed by atoms with Crippen LogP contribution in [0.4, 0.5) is 0 Å². The zero-order valence-corrected chi connectivity index (χ0v) is 12.4. The molecule has 3 heteroatoms. The lowest BCUT2D eigenvalue weighted by Gasteiger charge is -2.20. The quantitative estimate of drug-likeness (QED) is 0.779. The molecule has 0 radical (unpaired) electrons. The van der Waals surface area contributed by atoms with E-state index >= 15 is 0 Å². The van der Waals surface area contributed by atoms with Crippen molar-refractivity contribution in [2.24, 2.45) is 0 Å². The van der Waals surface area contributed by atoms with Crippen LogP contribution < -0.4 is 10.1 Å². The zero-order chi connectivity index (χ0) is 13.7. The maximum absolute atomic E-state index is 5.48. The van der Waals surface area contributed by atoms with Crippen molar-refractivity contribution in [3.05, 3.63) is 29.3 Å². The topological polar surface area (TPSA) is 24.5 Å². The predicted octanol–water partition coefficient (Wildman–Crippen LogP) is 2.79. The lowest BCUT2D eigenvalue weighted by Crippen LogP contribution is -2.22. The molecular formula is C16H26N2O. The molecule has 0 bridgehead atoms. The molecule has 0 saturated heterocycles. The van der Waals surface area contributed by atoms with E-state index in [0.29, 0.717) is 0 Å². The van der Waals surface area contributed by atoms with E-state index < -0.39 is 0 Å². The minimum Gasteiger partial charge on any atom is -0.496 e. The smallest absolute Gasteiger partial charge is 0.123 e. The van der Waals surface area contributed by atoms with Crippen LogP contribution in [-0.4, -0.2) is 31.1 Å². The van der Waals surface area contributed by atoms with Gasteiger partial charge in [-0.1, -0.05) is 19.9 Å². The monoisotopic (exact) mass is 262 g/mol. The van der Waals surface area contributed by atoms with Gasteiger partial charge in [-0.05, 0) is 43.6 Å². The zero-order valence-electron chi connectivity index (χ0n) is 12.4. The first-order chi connectivity index (χ1) is 9.26. The van der Waals surface area contributed by atoms with E-state index in [0.717, 1.165) is 38.0 Å². The fourth-order valence-electron chi connectivity index (χ4n) is 2.30. The van der Waals surface area contributed by atoms with Gasteiger partial charge in [0.25, 0.3) is 0 Å². The maximum atomic E-state index is 5.48. The van der Waals surface area contributed by atoms with Crippen LogP contribution in [0.25, 0.3) is 0 Å². The second-order valence-electron chi connectivity index (χ2n) is 5.26. The van der Waals surface area contributed by atoms with Crippen molar-refractivity contribution in [2.45, 2.75) is 45.8 Å². The molecule has 106 valence electrons. The Hall–Kier alpha value is -1.06. The summed E-state index contributed by atoms with van der Waals surface area (Å²) in [6, 6.07) is 7.31. The normalized spacial score (nSPS) is 14.9. The summed E-state index contributed by atoms with van der Waals surface area (Å²) in [5.41, 5.74) is 2.65. The Morgan fingerprint density at radius 2 is 2.00 bits per heavy atom. The highest BCUT2D eigenvalue weighted by Crippen LogP contribution is 2.23. The molecule has 3 nitrogen and oxygen atoms in total. The molecule has 0 heterocycles. The first kappa shape index (κ1) is 14.4. The minimum absolute atomic E-state index is 0.758. The highest BCUT2D eigenvalue weighted by atomic mass is 16.5. The Bertz CT molecular complexity index is 398. The van der Waals surface area contributed by atoms with Crippen molar-refractivity contribution in [1.82, 2.24) is 10.2 Å². The number of benzene rings is 1. The van der Waals surface area contributed by atoms with Crippen molar-refractivity contribution >= 4 is 0 Å². The molecule has 2 rings (SSSR count). The van der Waals surface area contributed by atoms with E-state index in [1.807, 2.05) is 0 Å². The summed E-state index contributed by atoms with van der Waals surface area (Å²) in [6.45, 7) is 8.49. The molecule has 1 aromatic carbocycles. The summed E-state index contributed by atoms with van der Waals surface area (Å²) in [5.74, 6) is 1.00. The fourth-order valence-corrected chi connectivity index (χ4v) is 2.30. The third-order valence-corrected chi connectivity index (χ3v) is 3.81. The number of nitrogens with one attached hydrogen (secondary N) is 1. The molecule has 1 saturated carbocycles. The average molecular weight is 262 g/mol. The van der Waals surface area contributed by atoms with E-state index in [1.54, 1.807) is 7.11 Å². The van der Waals surface area contributed by atoms with Gasteiger partial charge in [0.15, 0.2) is 0 Å². The Labute approximate surface area is 116 Å². The number of nitrogens with zero attached hydrogens (tertiary/aromatic N) is 1. The predicted molar refractivity (Wildman–Crippen MR) is 79.5 cm³/mol. The molecule has 19 heavy (non-hydrogen) atoms. The Kier molecular flexibility index (Phi) is 5.23. The molecule has 0 unspecified atom stereocenters. The summed E-state index contributed by atoms with van der Waals surface area (Å²) in [6.07, 6.45) is 2.67. The number of methoxy groups -OCH3 is 1. The van der Waals surface area contributed by atoms with E-state index in [4.69, 9.17) is 4.74 Å². The van der Waals surface area contributed by atoms with Gasteiger partial charge in [-0.25, -0.2) is 0 Å². The SMILES string of the molecule is CCN(CC)Cc1cc(CNC2CC2)ccc1OC. The molecule has 1 aromatic rings. The molecule has 0 aliphatic heterocycles. The molecule has 0 atom stereocenters. The average Bonchev–Trinajstić information content (AvgIpc) is 3.26. The maximum Gasteiger partial charge on any atom is 0.123 e. The van der Waals surface area contributed by atoms with Gasteiger partial charge in [-0.2, -0.15) is 0 Å².